The first-order chi connectivity index (χ1) is 13.6. The number of hydrogen-bond donors (Lipinski definition) is 1. The van der Waals surface area contributed by atoms with Crippen LogP contribution in [0.4, 0.5) is 5.13 Å². The molecule has 0 unspecified atom stereocenters. The normalized spacial score (nSPS) is 10.5. The summed E-state index contributed by atoms with van der Waals surface area (Å²) in [6.07, 6.45) is 3.54. The van der Waals surface area contributed by atoms with Gasteiger partial charge >= 0.3 is 0 Å². The van der Waals surface area contributed by atoms with E-state index in [0.29, 0.717) is 24.6 Å². The molecule has 7 nitrogen and oxygen atoms in total. The smallest absolute Gasteiger partial charge is 0.227 e. The fourth-order valence-electron chi connectivity index (χ4n) is 2.62. The van der Waals surface area contributed by atoms with Gasteiger partial charge in [-0.15, -0.1) is 10.2 Å². The molecule has 28 heavy (non-hydrogen) atoms. The molecule has 0 radical (unpaired) electrons. The third kappa shape index (κ3) is 6.60. The van der Waals surface area contributed by atoms with Crippen molar-refractivity contribution >= 4 is 28.3 Å². The van der Waals surface area contributed by atoms with Crippen molar-refractivity contribution in [3.05, 3.63) is 24.3 Å². The van der Waals surface area contributed by atoms with Crippen molar-refractivity contribution in [1.82, 2.24) is 15.1 Å². The highest BCUT2D eigenvalue weighted by Gasteiger charge is 2.15. The number of unbranched alkanes of at least 4 members (excludes halogenated alkanes) is 1. The molecule has 0 spiro atoms. The van der Waals surface area contributed by atoms with Crippen molar-refractivity contribution < 1.29 is 14.3 Å². The molecule has 2 aromatic rings. The lowest BCUT2D eigenvalue weighted by atomic mass is 10.2. The first-order valence-corrected chi connectivity index (χ1v) is 10.4. The Bertz CT molecular complexity index is 761. The number of anilines is 1. The largest absolute Gasteiger partial charge is 0.497 e. The Morgan fingerprint density at radius 2 is 1.82 bits per heavy atom. The van der Waals surface area contributed by atoms with Crippen LogP contribution in [0, 0.1) is 0 Å². The second-order valence-corrected chi connectivity index (χ2v) is 7.40. The number of methoxy groups -OCH3 is 1. The van der Waals surface area contributed by atoms with Crippen molar-refractivity contribution in [2.45, 2.75) is 46.0 Å². The van der Waals surface area contributed by atoms with Crippen LogP contribution in [-0.2, 0) is 9.59 Å². The zero-order chi connectivity index (χ0) is 20.4. The summed E-state index contributed by atoms with van der Waals surface area (Å²) in [4.78, 5) is 26.3. The summed E-state index contributed by atoms with van der Waals surface area (Å²) in [5, 5.41) is 12.1. The van der Waals surface area contributed by atoms with E-state index in [-0.39, 0.29) is 18.2 Å². The summed E-state index contributed by atoms with van der Waals surface area (Å²) in [5.41, 5.74) is 0.912. The van der Waals surface area contributed by atoms with E-state index in [0.717, 1.165) is 35.6 Å². The minimum atomic E-state index is -0.164. The molecule has 0 saturated carbocycles. The van der Waals surface area contributed by atoms with Crippen LogP contribution in [0.3, 0.4) is 0 Å². The molecule has 8 heteroatoms. The maximum absolute atomic E-state index is 12.3. The Kier molecular flexibility index (Phi) is 8.87. The van der Waals surface area contributed by atoms with Crippen molar-refractivity contribution in [1.29, 1.82) is 0 Å². The van der Waals surface area contributed by atoms with Gasteiger partial charge in [-0.2, -0.15) is 0 Å². The van der Waals surface area contributed by atoms with Crippen LogP contribution >= 0.6 is 11.3 Å². The molecular weight excluding hydrogens is 376 g/mol. The Morgan fingerprint density at radius 3 is 2.46 bits per heavy atom. The number of ether oxygens (including phenoxy) is 1. The summed E-state index contributed by atoms with van der Waals surface area (Å²) in [6.45, 7) is 5.20. The summed E-state index contributed by atoms with van der Waals surface area (Å²) in [7, 11) is 1.62. The molecule has 0 atom stereocenters. The summed E-state index contributed by atoms with van der Waals surface area (Å²) in [6, 6.07) is 7.51. The quantitative estimate of drug-likeness (QED) is 0.612. The first kappa shape index (κ1) is 21.8. The van der Waals surface area contributed by atoms with Crippen molar-refractivity contribution in [3.8, 4) is 16.3 Å². The van der Waals surface area contributed by atoms with E-state index in [4.69, 9.17) is 4.74 Å². The Balaban J connectivity index is 1.89. The maximum Gasteiger partial charge on any atom is 0.227 e. The average Bonchev–Trinajstić information content (AvgIpc) is 3.16. The summed E-state index contributed by atoms with van der Waals surface area (Å²) < 4.78 is 5.15. The second kappa shape index (κ2) is 11.4. The van der Waals surface area contributed by atoms with E-state index >= 15 is 0 Å². The van der Waals surface area contributed by atoms with E-state index in [1.54, 1.807) is 12.0 Å². The van der Waals surface area contributed by atoms with Crippen LogP contribution in [0.25, 0.3) is 10.6 Å². The van der Waals surface area contributed by atoms with Gasteiger partial charge in [0.05, 0.1) is 7.11 Å². The van der Waals surface area contributed by atoms with Gasteiger partial charge in [0.25, 0.3) is 0 Å². The van der Waals surface area contributed by atoms with E-state index in [1.807, 2.05) is 31.2 Å². The van der Waals surface area contributed by atoms with Crippen molar-refractivity contribution in [2.24, 2.45) is 0 Å². The number of nitrogens with one attached hydrogen (secondary N) is 1. The van der Waals surface area contributed by atoms with Crippen LogP contribution in [0.1, 0.15) is 46.0 Å². The lowest BCUT2D eigenvalue weighted by Crippen LogP contribution is -2.34. The fourth-order valence-corrected chi connectivity index (χ4v) is 3.39. The van der Waals surface area contributed by atoms with Crippen LogP contribution in [0.2, 0.25) is 0 Å². The Hall–Kier alpha value is -2.48. The number of hydrogen-bond acceptors (Lipinski definition) is 6. The van der Waals surface area contributed by atoms with Gasteiger partial charge in [0.2, 0.25) is 16.9 Å². The first-order valence-electron chi connectivity index (χ1n) is 9.62. The molecule has 2 rings (SSSR count). The fraction of sp³-hybridized carbons (Fsp3) is 0.500. The molecule has 0 bridgehead atoms. The SMILES string of the molecule is CCCCN(CCC(=O)Nc1nnc(-c2ccc(OC)cc2)s1)C(=O)CCC. The molecule has 0 aliphatic carbocycles. The zero-order valence-electron chi connectivity index (χ0n) is 16.7. The minimum Gasteiger partial charge on any atom is -0.497 e. The molecule has 1 heterocycles. The van der Waals surface area contributed by atoms with Crippen molar-refractivity contribution in [2.75, 3.05) is 25.5 Å². The van der Waals surface area contributed by atoms with Crippen LogP contribution in [0.5, 0.6) is 5.75 Å². The lowest BCUT2D eigenvalue weighted by Gasteiger charge is -2.22. The molecule has 1 N–H and O–H groups in total. The molecule has 0 fully saturated rings. The highest BCUT2D eigenvalue weighted by atomic mass is 32.1. The molecule has 0 aliphatic rings. The van der Waals surface area contributed by atoms with Crippen LogP contribution < -0.4 is 10.1 Å². The Morgan fingerprint density at radius 1 is 1.07 bits per heavy atom. The minimum absolute atomic E-state index is 0.112. The van der Waals surface area contributed by atoms with E-state index in [1.165, 1.54) is 11.3 Å². The predicted octanol–water partition coefficient (Wildman–Crippen LogP) is 3.97. The summed E-state index contributed by atoms with van der Waals surface area (Å²) >= 11 is 1.31. The molecule has 0 saturated heterocycles. The van der Waals surface area contributed by atoms with E-state index in [2.05, 4.69) is 22.4 Å². The van der Waals surface area contributed by atoms with Gasteiger partial charge in [-0.1, -0.05) is 31.6 Å². The maximum atomic E-state index is 12.3. The molecule has 1 aromatic carbocycles. The van der Waals surface area contributed by atoms with E-state index in [9.17, 15) is 9.59 Å². The highest BCUT2D eigenvalue weighted by molar-refractivity contribution is 7.18. The van der Waals surface area contributed by atoms with Gasteiger partial charge in [-0.3, -0.25) is 9.59 Å². The molecule has 1 aromatic heterocycles. The standard InChI is InChI=1S/C20H28N4O3S/c1-4-6-13-24(18(26)7-5-2)14-12-17(25)21-20-23-22-19(28-20)15-8-10-16(27-3)11-9-15/h8-11H,4-7,12-14H2,1-3H3,(H,21,23,25). The third-order valence-electron chi connectivity index (χ3n) is 4.22. The molecule has 2 amide bonds. The predicted molar refractivity (Wildman–Crippen MR) is 112 cm³/mol. The van der Waals surface area contributed by atoms with Gasteiger partial charge in [0.15, 0.2) is 0 Å². The number of benzene rings is 1. The number of aromatic nitrogens is 2. The molecule has 152 valence electrons. The summed E-state index contributed by atoms with van der Waals surface area (Å²) in [5.74, 6) is 0.719. The lowest BCUT2D eigenvalue weighted by molar-refractivity contribution is -0.131. The second-order valence-electron chi connectivity index (χ2n) is 6.42. The molecular formula is C20H28N4O3S. The number of nitrogens with zero attached hydrogens (tertiary/aromatic N) is 3. The van der Waals surface area contributed by atoms with Gasteiger partial charge < -0.3 is 15.0 Å². The number of carbonyl (C=O) groups is 2. The number of carbonyl (C=O) groups excluding carboxylic acids is 2. The highest BCUT2D eigenvalue weighted by Crippen LogP contribution is 2.27. The third-order valence-corrected chi connectivity index (χ3v) is 5.10. The van der Waals surface area contributed by atoms with Crippen LogP contribution in [-0.4, -0.2) is 47.1 Å². The molecule has 0 aliphatic heterocycles. The number of amides is 2. The number of rotatable bonds is 11. The van der Waals surface area contributed by atoms with Crippen LogP contribution in [0.15, 0.2) is 24.3 Å². The van der Waals surface area contributed by atoms with Gasteiger partial charge in [-0.25, -0.2) is 0 Å². The van der Waals surface area contributed by atoms with Crippen molar-refractivity contribution in [3.63, 3.8) is 0 Å². The average molecular weight is 405 g/mol. The van der Waals surface area contributed by atoms with Gasteiger partial charge in [0, 0.05) is 31.5 Å². The Labute approximate surface area is 170 Å². The zero-order valence-corrected chi connectivity index (χ0v) is 17.6. The van der Waals surface area contributed by atoms with E-state index < -0.39 is 0 Å². The topological polar surface area (TPSA) is 84.4 Å². The monoisotopic (exact) mass is 404 g/mol. The van der Waals surface area contributed by atoms with Gasteiger partial charge in [-0.05, 0) is 37.1 Å². The van der Waals surface area contributed by atoms with Gasteiger partial charge in [0.1, 0.15) is 10.8 Å².